The Kier molecular flexibility index (Phi) is 6.37. The highest BCUT2D eigenvalue weighted by Gasteiger charge is 2.33. The standard InChI is InChI=1S/C19H27ClN2O5/c1-18(2,3)26-16(23)22(17(24)27-19(4,5)6)12-10-13(20)15(21-11-12)14-8-7-9-25-14/h10-11,14H,7-9H2,1-6H3. The largest absolute Gasteiger partial charge is 0.443 e. The highest BCUT2D eigenvalue weighted by Crippen LogP contribution is 2.34. The van der Waals surface area contributed by atoms with Gasteiger partial charge >= 0.3 is 12.2 Å². The molecule has 0 spiro atoms. The van der Waals surface area contributed by atoms with Crippen molar-refractivity contribution < 1.29 is 23.8 Å². The minimum atomic E-state index is -0.862. The summed E-state index contributed by atoms with van der Waals surface area (Å²) in [6.45, 7) is 10.9. The molecule has 2 amide bonds. The fourth-order valence-electron chi connectivity index (χ4n) is 2.49. The monoisotopic (exact) mass is 398 g/mol. The summed E-state index contributed by atoms with van der Waals surface area (Å²) in [5, 5.41) is 0.316. The van der Waals surface area contributed by atoms with Gasteiger partial charge in [-0.2, -0.15) is 4.90 Å². The number of hydrogen-bond acceptors (Lipinski definition) is 6. The second kappa shape index (κ2) is 8.02. The molecule has 1 aliphatic rings. The lowest BCUT2D eigenvalue weighted by Gasteiger charge is -2.28. The third-order valence-electron chi connectivity index (χ3n) is 3.50. The number of carbonyl (C=O) groups excluding carboxylic acids is 2. The molecule has 0 saturated carbocycles. The van der Waals surface area contributed by atoms with Gasteiger partial charge in [-0.1, -0.05) is 11.6 Å². The molecule has 1 aromatic heterocycles. The summed E-state index contributed by atoms with van der Waals surface area (Å²) in [6, 6.07) is 1.50. The van der Waals surface area contributed by atoms with Crippen molar-refractivity contribution in [2.75, 3.05) is 11.5 Å². The third-order valence-corrected chi connectivity index (χ3v) is 3.80. The maximum absolute atomic E-state index is 12.6. The maximum atomic E-state index is 12.6. The summed E-state index contributed by atoms with van der Waals surface area (Å²) < 4.78 is 16.3. The average Bonchev–Trinajstić information content (AvgIpc) is 2.97. The summed E-state index contributed by atoms with van der Waals surface area (Å²) in [5.41, 5.74) is -0.810. The number of aromatic nitrogens is 1. The molecule has 1 aliphatic heterocycles. The van der Waals surface area contributed by atoms with Crippen molar-refractivity contribution in [3.8, 4) is 0 Å². The number of amides is 2. The van der Waals surface area contributed by atoms with E-state index in [-0.39, 0.29) is 11.8 Å². The van der Waals surface area contributed by atoms with Crippen molar-refractivity contribution in [3.05, 3.63) is 23.0 Å². The Morgan fingerprint density at radius 1 is 1.15 bits per heavy atom. The summed E-state index contributed by atoms with van der Waals surface area (Å²) in [4.78, 5) is 30.4. The van der Waals surface area contributed by atoms with E-state index in [0.29, 0.717) is 17.3 Å². The lowest BCUT2D eigenvalue weighted by Crippen LogP contribution is -2.43. The van der Waals surface area contributed by atoms with Gasteiger partial charge in [0.25, 0.3) is 0 Å². The van der Waals surface area contributed by atoms with Gasteiger partial charge < -0.3 is 14.2 Å². The first kappa shape index (κ1) is 21.4. The molecule has 1 aromatic rings. The zero-order valence-electron chi connectivity index (χ0n) is 16.7. The van der Waals surface area contributed by atoms with Crippen LogP contribution in [0.1, 0.15) is 66.2 Å². The smallest absolute Gasteiger partial charge is 0.424 e. The van der Waals surface area contributed by atoms with Crippen LogP contribution in [0, 0.1) is 0 Å². The number of ether oxygens (including phenoxy) is 3. The predicted octanol–water partition coefficient (Wildman–Crippen LogP) is 5.26. The van der Waals surface area contributed by atoms with Crippen LogP contribution in [0.15, 0.2) is 12.3 Å². The van der Waals surface area contributed by atoms with Crippen LogP contribution >= 0.6 is 11.6 Å². The van der Waals surface area contributed by atoms with Gasteiger partial charge in [-0.05, 0) is 60.5 Å². The number of pyridine rings is 1. The highest BCUT2D eigenvalue weighted by molar-refractivity contribution is 6.31. The van der Waals surface area contributed by atoms with Crippen LogP contribution in [0.3, 0.4) is 0 Å². The predicted molar refractivity (Wildman–Crippen MR) is 102 cm³/mol. The van der Waals surface area contributed by atoms with Crippen molar-refractivity contribution in [2.45, 2.75) is 71.7 Å². The van der Waals surface area contributed by atoms with Crippen LogP contribution < -0.4 is 4.90 Å². The van der Waals surface area contributed by atoms with Crippen LogP contribution in [-0.4, -0.2) is 35.0 Å². The Morgan fingerprint density at radius 2 is 1.70 bits per heavy atom. The van der Waals surface area contributed by atoms with Gasteiger partial charge in [0.2, 0.25) is 0 Å². The molecule has 0 N–H and O–H groups in total. The zero-order valence-corrected chi connectivity index (χ0v) is 17.4. The Balaban J connectivity index is 2.35. The van der Waals surface area contributed by atoms with E-state index in [1.807, 2.05) is 0 Å². The Morgan fingerprint density at radius 3 is 2.11 bits per heavy atom. The summed E-state index contributed by atoms with van der Waals surface area (Å²) in [7, 11) is 0. The van der Waals surface area contributed by atoms with Crippen LogP contribution in [0.4, 0.5) is 15.3 Å². The Hall–Kier alpha value is -1.86. The molecule has 1 unspecified atom stereocenters. The topological polar surface area (TPSA) is 78.0 Å². The van der Waals surface area contributed by atoms with E-state index in [1.54, 1.807) is 41.5 Å². The van der Waals surface area contributed by atoms with Gasteiger partial charge in [-0.15, -0.1) is 0 Å². The first-order chi connectivity index (χ1) is 12.4. The molecule has 1 fully saturated rings. The Bertz CT molecular complexity index is 675. The molecule has 150 valence electrons. The molecule has 0 aliphatic carbocycles. The molecule has 0 bridgehead atoms. The first-order valence-corrected chi connectivity index (χ1v) is 9.28. The molecule has 2 rings (SSSR count). The lowest BCUT2D eigenvalue weighted by atomic mass is 10.1. The van der Waals surface area contributed by atoms with Crippen molar-refractivity contribution in [1.29, 1.82) is 0 Å². The average molecular weight is 399 g/mol. The zero-order chi connectivity index (χ0) is 20.4. The minimum absolute atomic E-state index is 0.172. The van der Waals surface area contributed by atoms with Crippen LogP contribution in [0.2, 0.25) is 5.02 Å². The first-order valence-electron chi connectivity index (χ1n) is 8.90. The minimum Gasteiger partial charge on any atom is -0.443 e. The normalized spacial score (nSPS) is 17.5. The molecule has 0 aromatic carbocycles. The molecule has 2 heterocycles. The molecule has 1 saturated heterocycles. The maximum Gasteiger partial charge on any atom is 0.424 e. The van der Waals surface area contributed by atoms with Crippen molar-refractivity contribution >= 4 is 29.5 Å². The van der Waals surface area contributed by atoms with Crippen molar-refractivity contribution in [3.63, 3.8) is 0 Å². The molecular weight excluding hydrogens is 372 g/mol. The number of anilines is 1. The summed E-state index contributed by atoms with van der Waals surface area (Å²) in [5.74, 6) is 0. The summed E-state index contributed by atoms with van der Waals surface area (Å²) in [6.07, 6.45) is 1.26. The number of nitrogens with zero attached hydrogens (tertiary/aromatic N) is 2. The van der Waals surface area contributed by atoms with Crippen molar-refractivity contribution in [1.82, 2.24) is 4.98 Å². The van der Waals surface area contributed by atoms with E-state index < -0.39 is 23.4 Å². The number of imide groups is 1. The van der Waals surface area contributed by atoms with Gasteiger partial charge in [-0.25, -0.2) is 9.59 Å². The molecule has 0 radical (unpaired) electrons. The molecule has 8 heteroatoms. The van der Waals surface area contributed by atoms with Gasteiger partial charge in [0, 0.05) is 6.61 Å². The Labute approximate surface area is 164 Å². The SMILES string of the molecule is CC(C)(C)OC(=O)N(C(=O)OC(C)(C)C)c1cnc(C2CCCO2)c(Cl)c1. The third kappa shape index (κ3) is 6.07. The van der Waals surface area contributed by atoms with E-state index in [0.717, 1.165) is 17.7 Å². The van der Waals surface area contributed by atoms with Gasteiger partial charge in [0.15, 0.2) is 0 Å². The quantitative estimate of drug-likeness (QED) is 0.675. The van der Waals surface area contributed by atoms with E-state index in [2.05, 4.69) is 4.98 Å². The van der Waals surface area contributed by atoms with Crippen LogP contribution in [0.25, 0.3) is 0 Å². The molecule has 7 nitrogen and oxygen atoms in total. The highest BCUT2D eigenvalue weighted by atomic mass is 35.5. The molecule has 1 atom stereocenters. The number of carbonyl (C=O) groups is 2. The number of halogens is 1. The fraction of sp³-hybridized carbons (Fsp3) is 0.632. The van der Waals surface area contributed by atoms with Crippen LogP contribution in [0.5, 0.6) is 0 Å². The van der Waals surface area contributed by atoms with Crippen molar-refractivity contribution in [2.24, 2.45) is 0 Å². The van der Waals surface area contributed by atoms with E-state index in [1.165, 1.54) is 12.3 Å². The number of hydrogen-bond donors (Lipinski definition) is 0. The fourth-order valence-corrected chi connectivity index (χ4v) is 2.77. The molecular formula is C19H27ClN2O5. The lowest BCUT2D eigenvalue weighted by molar-refractivity contribution is 0.0430. The second-order valence-corrected chi connectivity index (χ2v) is 8.77. The summed E-state index contributed by atoms with van der Waals surface area (Å²) >= 11 is 6.36. The second-order valence-electron chi connectivity index (χ2n) is 8.36. The van der Waals surface area contributed by atoms with Gasteiger partial charge in [0.1, 0.15) is 17.3 Å². The van der Waals surface area contributed by atoms with E-state index in [4.69, 9.17) is 25.8 Å². The van der Waals surface area contributed by atoms with Gasteiger partial charge in [0.05, 0.1) is 22.6 Å². The molecule has 27 heavy (non-hydrogen) atoms. The van der Waals surface area contributed by atoms with E-state index in [9.17, 15) is 9.59 Å². The number of rotatable bonds is 2. The van der Waals surface area contributed by atoms with Crippen LogP contribution in [-0.2, 0) is 14.2 Å². The van der Waals surface area contributed by atoms with E-state index >= 15 is 0 Å². The van der Waals surface area contributed by atoms with Gasteiger partial charge in [-0.3, -0.25) is 4.98 Å².